The summed E-state index contributed by atoms with van der Waals surface area (Å²) >= 11 is 0. The number of allylic oxidation sites excluding steroid dienone is 2. The predicted molar refractivity (Wildman–Crippen MR) is 61.5 cm³/mol. The van der Waals surface area contributed by atoms with Crippen LogP contribution in [-0.4, -0.2) is 24.4 Å². The van der Waals surface area contributed by atoms with Crippen molar-refractivity contribution >= 4 is 5.91 Å². The lowest BCUT2D eigenvalue weighted by Crippen LogP contribution is -2.33. The minimum absolute atomic E-state index is 0.0207. The molecule has 1 spiro atoms. The molecule has 0 N–H and O–H groups in total. The molecular weight excluding hydrogens is 186 g/mol. The van der Waals surface area contributed by atoms with Gasteiger partial charge in [-0.1, -0.05) is 25.5 Å². The highest BCUT2D eigenvalue weighted by Gasteiger charge is 2.45. The summed E-state index contributed by atoms with van der Waals surface area (Å²) in [6.45, 7) is 5.43. The van der Waals surface area contributed by atoms with Crippen LogP contribution in [-0.2, 0) is 4.79 Å². The minimum Gasteiger partial charge on any atom is -0.345 e. The lowest BCUT2D eigenvalue weighted by molar-refractivity contribution is -0.135. The average Bonchev–Trinajstić information content (AvgIpc) is 2.48. The Kier molecular flexibility index (Phi) is 2.61. The predicted octanol–water partition coefficient (Wildman–Crippen LogP) is 2.60. The zero-order valence-electron chi connectivity index (χ0n) is 10.0. The fourth-order valence-electron chi connectivity index (χ4n) is 2.85. The molecule has 0 aromatic heterocycles. The number of carbonyl (C=O) groups excluding carboxylic acids is 1. The van der Waals surface area contributed by atoms with Gasteiger partial charge in [0.1, 0.15) is 0 Å². The first-order valence-corrected chi connectivity index (χ1v) is 6.00. The molecule has 0 radical (unpaired) electrons. The van der Waals surface area contributed by atoms with Gasteiger partial charge in [-0.2, -0.15) is 0 Å². The van der Waals surface area contributed by atoms with Gasteiger partial charge in [-0.3, -0.25) is 4.79 Å². The molecule has 2 rings (SSSR count). The van der Waals surface area contributed by atoms with Crippen LogP contribution >= 0.6 is 0 Å². The van der Waals surface area contributed by atoms with E-state index in [4.69, 9.17) is 0 Å². The SMILES string of the molecule is CC(C)C1=CC[C@]2(CC1)CCN(C)C2=O. The Labute approximate surface area is 92.3 Å². The van der Waals surface area contributed by atoms with E-state index in [1.807, 2.05) is 11.9 Å². The van der Waals surface area contributed by atoms with E-state index in [1.54, 1.807) is 5.57 Å². The zero-order chi connectivity index (χ0) is 11.1. The van der Waals surface area contributed by atoms with Crippen molar-refractivity contribution in [2.45, 2.75) is 39.5 Å². The number of hydrogen-bond donors (Lipinski definition) is 0. The summed E-state index contributed by atoms with van der Waals surface area (Å²) in [4.78, 5) is 14.0. The van der Waals surface area contributed by atoms with Gasteiger partial charge in [0.05, 0.1) is 5.41 Å². The van der Waals surface area contributed by atoms with Gasteiger partial charge in [0, 0.05) is 13.6 Å². The van der Waals surface area contributed by atoms with Crippen LogP contribution in [0.5, 0.6) is 0 Å². The van der Waals surface area contributed by atoms with E-state index < -0.39 is 0 Å². The maximum Gasteiger partial charge on any atom is 0.228 e. The number of hydrogen-bond acceptors (Lipinski definition) is 1. The maximum atomic E-state index is 12.1. The van der Waals surface area contributed by atoms with E-state index in [0.29, 0.717) is 11.8 Å². The summed E-state index contributed by atoms with van der Waals surface area (Å²) in [7, 11) is 1.93. The Morgan fingerprint density at radius 3 is 2.53 bits per heavy atom. The van der Waals surface area contributed by atoms with Crippen molar-refractivity contribution in [2.24, 2.45) is 11.3 Å². The van der Waals surface area contributed by atoms with Crippen molar-refractivity contribution in [1.29, 1.82) is 0 Å². The summed E-state index contributed by atoms with van der Waals surface area (Å²) < 4.78 is 0. The summed E-state index contributed by atoms with van der Waals surface area (Å²) in [5, 5.41) is 0. The molecule has 2 aliphatic rings. The van der Waals surface area contributed by atoms with E-state index in [-0.39, 0.29) is 5.41 Å². The molecule has 0 aromatic rings. The maximum absolute atomic E-state index is 12.1. The number of rotatable bonds is 1. The summed E-state index contributed by atoms with van der Waals surface area (Å²) in [6.07, 6.45) is 6.55. The minimum atomic E-state index is -0.0207. The van der Waals surface area contributed by atoms with Gasteiger partial charge in [-0.15, -0.1) is 0 Å². The molecule has 1 aliphatic carbocycles. The van der Waals surface area contributed by atoms with Crippen LogP contribution in [0.3, 0.4) is 0 Å². The molecule has 1 atom stereocenters. The second kappa shape index (κ2) is 3.66. The molecule has 0 saturated carbocycles. The van der Waals surface area contributed by atoms with E-state index in [1.165, 1.54) is 0 Å². The molecule has 84 valence electrons. The summed E-state index contributed by atoms with van der Waals surface area (Å²) in [5.74, 6) is 1.03. The largest absolute Gasteiger partial charge is 0.345 e. The van der Waals surface area contributed by atoms with Crippen LogP contribution in [0.4, 0.5) is 0 Å². The molecule has 0 unspecified atom stereocenters. The van der Waals surface area contributed by atoms with Crippen LogP contribution < -0.4 is 0 Å². The standard InChI is InChI=1S/C13H21NO/c1-10(2)11-4-6-13(7-5-11)8-9-14(3)12(13)15/h4,10H,5-9H2,1-3H3/t13-/m0/s1. The van der Waals surface area contributed by atoms with Crippen molar-refractivity contribution in [3.05, 3.63) is 11.6 Å². The Balaban J connectivity index is 2.13. The Hall–Kier alpha value is -0.790. The van der Waals surface area contributed by atoms with Crippen molar-refractivity contribution in [3.63, 3.8) is 0 Å². The molecule has 1 heterocycles. The Morgan fingerprint density at radius 1 is 1.40 bits per heavy atom. The van der Waals surface area contributed by atoms with E-state index in [9.17, 15) is 4.79 Å². The fourth-order valence-corrected chi connectivity index (χ4v) is 2.85. The third kappa shape index (κ3) is 1.70. The van der Waals surface area contributed by atoms with Gasteiger partial charge < -0.3 is 4.90 Å². The van der Waals surface area contributed by atoms with Crippen LogP contribution in [0.15, 0.2) is 11.6 Å². The van der Waals surface area contributed by atoms with Gasteiger partial charge >= 0.3 is 0 Å². The molecule has 1 amide bonds. The molecule has 0 bridgehead atoms. The fraction of sp³-hybridized carbons (Fsp3) is 0.769. The number of carbonyl (C=O) groups is 1. The molecule has 1 saturated heterocycles. The Morgan fingerprint density at radius 2 is 2.13 bits per heavy atom. The lowest BCUT2D eigenvalue weighted by Gasteiger charge is -2.31. The molecule has 1 fully saturated rings. The molecule has 1 aliphatic heterocycles. The first-order chi connectivity index (χ1) is 7.05. The van der Waals surface area contributed by atoms with Crippen molar-refractivity contribution in [3.8, 4) is 0 Å². The van der Waals surface area contributed by atoms with Crippen molar-refractivity contribution < 1.29 is 4.79 Å². The highest BCUT2D eigenvalue weighted by atomic mass is 16.2. The van der Waals surface area contributed by atoms with Crippen LogP contribution in [0.2, 0.25) is 0 Å². The quantitative estimate of drug-likeness (QED) is 0.605. The van der Waals surface area contributed by atoms with Gasteiger partial charge in [0.25, 0.3) is 0 Å². The monoisotopic (exact) mass is 207 g/mol. The molecule has 2 nitrogen and oxygen atoms in total. The molecule has 2 heteroatoms. The van der Waals surface area contributed by atoms with Crippen LogP contribution in [0.25, 0.3) is 0 Å². The first kappa shape index (κ1) is 10.7. The van der Waals surface area contributed by atoms with Gasteiger partial charge in [-0.05, 0) is 31.6 Å². The van der Waals surface area contributed by atoms with Gasteiger partial charge in [0.2, 0.25) is 5.91 Å². The number of likely N-dealkylation sites (tertiary alicyclic amines) is 1. The normalized spacial score (nSPS) is 31.6. The highest BCUT2D eigenvalue weighted by Crippen LogP contribution is 2.44. The third-order valence-electron chi connectivity index (χ3n) is 4.11. The van der Waals surface area contributed by atoms with Crippen molar-refractivity contribution in [2.75, 3.05) is 13.6 Å². The van der Waals surface area contributed by atoms with Gasteiger partial charge in [-0.25, -0.2) is 0 Å². The number of amides is 1. The topological polar surface area (TPSA) is 20.3 Å². The molecular formula is C13H21NO. The van der Waals surface area contributed by atoms with Crippen LogP contribution in [0, 0.1) is 11.3 Å². The lowest BCUT2D eigenvalue weighted by atomic mass is 9.72. The first-order valence-electron chi connectivity index (χ1n) is 6.00. The summed E-state index contributed by atoms with van der Waals surface area (Å²) in [6, 6.07) is 0. The van der Waals surface area contributed by atoms with E-state index in [2.05, 4.69) is 19.9 Å². The molecule has 15 heavy (non-hydrogen) atoms. The van der Waals surface area contributed by atoms with E-state index in [0.717, 1.165) is 32.2 Å². The highest BCUT2D eigenvalue weighted by molar-refractivity contribution is 5.85. The van der Waals surface area contributed by atoms with E-state index >= 15 is 0 Å². The van der Waals surface area contributed by atoms with Crippen LogP contribution in [0.1, 0.15) is 39.5 Å². The number of nitrogens with zero attached hydrogens (tertiary/aromatic N) is 1. The van der Waals surface area contributed by atoms with Crippen molar-refractivity contribution in [1.82, 2.24) is 4.90 Å². The smallest absolute Gasteiger partial charge is 0.228 e. The second-order valence-corrected chi connectivity index (χ2v) is 5.39. The average molecular weight is 207 g/mol. The second-order valence-electron chi connectivity index (χ2n) is 5.39. The molecule has 0 aromatic carbocycles. The third-order valence-corrected chi connectivity index (χ3v) is 4.11. The van der Waals surface area contributed by atoms with Gasteiger partial charge in [0.15, 0.2) is 0 Å². The zero-order valence-corrected chi connectivity index (χ0v) is 10.0. The summed E-state index contributed by atoms with van der Waals surface area (Å²) in [5.41, 5.74) is 1.52. The Bertz CT molecular complexity index is 306.